The summed E-state index contributed by atoms with van der Waals surface area (Å²) in [6.45, 7) is 0. The maximum Gasteiger partial charge on any atom is 0.335 e. The summed E-state index contributed by atoms with van der Waals surface area (Å²) >= 11 is 1.25. The number of thiophene rings is 1. The number of aromatic nitrogens is 1. The van der Waals surface area contributed by atoms with Gasteiger partial charge >= 0.3 is 5.97 Å². The SMILES string of the molecule is O=C=NC(C(=O)O)c1ncc2ccsc2c1O. The Morgan fingerprint density at radius 1 is 1.59 bits per heavy atom. The average molecular weight is 250 g/mol. The van der Waals surface area contributed by atoms with Crippen LogP contribution in [0.5, 0.6) is 5.75 Å². The van der Waals surface area contributed by atoms with Gasteiger partial charge in [-0.1, -0.05) is 0 Å². The molecule has 0 aliphatic rings. The van der Waals surface area contributed by atoms with Crippen molar-refractivity contribution < 1.29 is 19.8 Å². The maximum atomic E-state index is 10.9. The number of fused-ring (bicyclic) bond motifs is 1. The molecule has 2 heterocycles. The van der Waals surface area contributed by atoms with Crippen LogP contribution >= 0.6 is 11.3 Å². The van der Waals surface area contributed by atoms with Crippen molar-refractivity contribution in [2.75, 3.05) is 0 Å². The lowest BCUT2D eigenvalue weighted by molar-refractivity contribution is -0.138. The summed E-state index contributed by atoms with van der Waals surface area (Å²) in [4.78, 5) is 28.0. The molecule has 7 heteroatoms. The van der Waals surface area contributed by atoms with Crippen molar-refractivity contribution in [3.05, 3.63) is 23.3 Å². The second-order valence-electron chi connectivity index (χ2n) is 3.16. The van der Waals surface area contributed by atoms with Gasteiger partial charge in [0, 0.05) is 11.6 Å². The molecule has 0 saturated carbocycles. The molecule has 0 fully saturated rings. The number of hydrogen-bond donors (Lipinski definition) is 2. The normalized spacial score (nSPS) is 12.0. The number of pyridine rings is 1. The molecule has 1 unspecified atom stereocenters. The van der Waals surface area contributed by atoms with Gasteiger partial charge < -0.3 is 10.2 Å². The van der Waals surface area contributed by atoms with Crippen molar-refractivity contribution in [2.24, 2.45) is 4.99 Å². The summed E-state index contributed by atoms with van der Waals surface area (Å²) in [6.07, 6.45) is 2.59. The minimum atomic E-state index is -1.53. The molecule has 0 aromatic carbocycles. The zero-order valence-corrected chi connectivity index (χ0v) is 9.14. The number of aromatic hydroxyl groups is 1. The zero-order valence-electron chi connectivity index (χ0n) is 8.32. The monoisotopic (exact) mass is 250 g/mol. The minimum absolute atomic E-state index is 0.157. The Labute approximate surface area is 98.9 Å². The van der Waals surface area contributed by atoms with E-state index in [1.807, 2.05) is 0 Å². The van der Waals surface area contributed by atoms with E-state index in [-0.39, 0.29) is 11.4 Å². The van der Waals surface area contributed by atoms with Crippen LogP contribution in [0.2, 0.25) is 0 Å². The number of isocyanates is 1. The van der Waals surface area contributed by atoms with Gasteiger partial charge in [0.2, 0.25) is 12.1 Å². The minimum Gasteiger partial charge on any atom is -0.505 e. The molecule has 1 atom stereocenters. The molecule has 86 valence electrons. The summed E-state index contributed by atoms with van der Waals surface area (Å²) < 4.78 is 0.516. The first kappa shape index (κ1) is 11.3. The van der Waals surface area contributed by atoms with Crippen LogP contribution in [-0.4, -0.2) is 27.2 Å². The predicted molar refractivity (Wildman–Crippen MR) is 59.8 cm³/mol. The van der Waals surface area contributed by atoms with Crippen LogP contribution in [0, 0.1) is 0 Å². The molecular weight excluding hydrogens is 244 g/mol. The highest BCUT2D eigenvalue weighted by molar-refractivity contribution is 7.17. The molecule has 17 heavy (non-hydrogen) atoms. The highest BCUT2D eigenvalue weighted by Crippen LogP contribution is 2.35. The third kappa shape index (κ3) is 1.89. The lowest BCUT2D eigenvalue weighted by atomic mass is 10.1. The van der Waals surface area contributed by atoms with E-state index < -0.39 is 12.0 Å². The van der Waals surface area contributed by atoms with E-state index in [4.69, 9.17) is 5.11 Å². The molecule has 0 bridgehead atoms. The molecule has 0 amide bonds. The average Bonchev–Trinajstić information content (AvgIpc) is 2.76. The molecule has 2 N–H and O–H groups in total. The van der Waals surface area contributed by atoms with E-state index in [1.165, 1.54) is 17.5 Å². The lowest BCUT2D eigenvalue weighted by Gasteiger charge is -2.07. The number of hydrogen-bond acceptors (Lipinski definition) is 6. The molecule has 6 nitrogen and oxygen atoms in total. The van der Waals surface area contributed by atoms with Crippen LogP contribution in [0.4, 0.5) is 0 Å². The van der Waals surface area contributed by atoms with Crippen LogP contribution in [0.25, 0.3) is 10.1 Å². The number of aliphatic carboxylic acids is 1. The molecule has 2 aromatic heterocycles. The second-order valence-corrected chi connectivity index (χ2v) is 4.07. The van der Waals surface area contributed by atoms with Crippen LogP contribution in [0.3, 0.4) is 0 Å². The fraction of sp³-hybridized carbons (Fsp3) is 0.100. The molecule has 0 saturated heterocycles. The first-order chi connectivity index (χ1) is 8.15. The van der Waals surface area contributed by atoms with Crippen LogP contribution in [-0.2, 0) is 9.59 Å². The number of carboxylic acid groups (broad SMARTS) is 1. The Morgan fingerprint density at radius 3 is 3.00 bits per heavy atom. The molecule has 0 radical (unpaired) electrons. The quantitative estimate of drug-likeness (QED) is 0.634. The van der Waals surface area contributed by atoms with E-state index >= 15 is 0 Å². The van der Waals surface area contributed by atoms with Crippen molar-refractivity contribution >= 4 is 33.5 Å². The number of nitrogens with zero attached hydrogens (tertiary/aromatic N) is 2. The summed E-state index contributed by atoms with van der Waals surface area (Å²) in [5, 5.41) is 21.2. The van der Waals surface area contributed by atoms with Gasteiger partial charge in [0.1, 0.15) is 5.69 Å². The van der Waals surface area contributed by atoms with Crippen molar-refractivity contribution in [3.63, 3.8) is 0 Å². The van der Waals surface area contributed by atoms with Crippen LogP contribution in [0.1, 0.15) is 11.7 Å². The predicted octanol–water partition coefficient (Wildman–Crippen LogP) is 1.46. The summed E-state index contributed by atoms with van der Waals surface area (Å²) in [5.41, 5.74) is -0.157. The van der Waals surface area contributed by atoms with E-state index in [0.29, 0.717) is 10.1 Å². The molecule has 0 spiro atoms. The highest BCUT2D eigenvalue weighted by Gasteiger charge is 2.25. The lowest BCUT2D eigenvalue weighted by Crippen LogP contribution is -2.10. The van der Waals surface area contributed by atoms with Gasteiger partial charge in [0.15, 0.2) is 5.75 Å². The largest absolute Gasteiger partial charge is 0.505 e. The maximum absolute atomic E-state index is 10.9. The number of carboxylic acids is 1. The molecular formula is C10H6N2O4S. The fourth-order valence-corrected chi connectivity index (χ4v) is 2.24. The smallest absolute Gasteiger partial charge is 0.335 e. The zero-order chi connectivity index (χ0) is 12.4. The van der Waals surface area contributed by atoms with Gasteiger partial charge in [-0.2, -0.15) is 4.99 Å². The number of carbonyl (C=O) groups is 1. The Kier molecular flexibility index (Phi) is 2.86. The first-order valence-electron chi connectivity index (χ1n) is 4.50. The van der Waals surface area contributed by atoms with Gasteiger partial charge in [-0.3, -0.25) is 4.98 Å². The van der Waals surface area contributed by atoms with Gasteiger partial charge in [-0.25, -0.2) is 9.59 Å². The van der Waals surface area contributed by atoms with Crippen molar-refractivity contribution in [3.8, 4) is 5.75 Å². The van der Waals surface area contributed by atoms with Crippen LogP contribution < -0.4 is 0 Å². The standard InChI is InChI=1S/C10H6N2O4S/c13-4-12-7(10(15)16)6-8(14)9-5(3-11-6)1-2-17-9/h1-3,7,14H,(H,15,16). The summed E-state index contributed by atoms with van der Waals surface area (Å²) in [6, 6.07) is 0.217. The van der Waals surface area contributed by atoms with Crippen molar-refractivity contribution in [1.29, 1.82) is 0 Å². The van der Waals surface area contributed by atoms with Crippen molar-refractivity contribution in [2.45, 2.75) is 6.04 Å². The summed E-state index contributed by atoms with van der Waals surface area (Å²) in [5.74, 6) is -1.63. The van der Waals surface area contributed by atoms with E-state index in [1.54, 1.807) is 11.4 Å². The van der Waals surface area contributed by atoms with Gasteiger partial charge in [-0.05, 0) is 11.4 Å². The van der Waals surface area contributed by atoms with Gasteiger partial charge in [0.05, 0.1) is 4.70 Å². The molecule has 0 aliphatic carbocycles. The van der Waals surface area contributed by atoms with Crippen LogP contribution in [0.15, 0.2) is 22.6 Å². The third-order valence-corrected chi connectivity index (χ3v) is 3.11. The Hall–Kier alpha value is -2.24. The highest BCUT2D eigenvalue weighted by atomic mass is 32.1. The topological polar surface area (TPSA) is 99.9 Å². The van der Waals surface area contributed by atoms with E-state index in [2.05, 4.69) is 9.98 Å². The molecule has 2 aromatic rings. The Morgan fingerprint density at radius 2 is 2.35 bits per heavy atom. The second kappa shape index (κ2) is 4.32. The van der Waals surface area contributed by atoms with E-state index in [0.717, 1.165) is 6.08 Å². The first-order valence-corrected chi connectivity index (χ1v) is 5.38. The Balaban J connectivity index is 2.64. The fourth-order valence-electron chi connectivity index (χ4n) is 1.42. The number of aliphatic imine (C=N–C) groups is 1. The number of rotatable bonds is 3. The Bertz CT molecular complexity index is 628. The van der Waals surface area contributed by atoms with Crippen molar-refractivity contribution in [1.82, 2.24) is 4.98 Å². The molecule has 0 aliphatic heterocycles. The number of carbonyl (C=O) groups excluding carboxylic acids is 1. The third-order valence-electron chi connectivity index (χ3n) is 2.17. The van der Waals surface area contributed by atoms with Gasteiger partial charge in [-0.15, -0.1) is 11.3 Å². The molecule has 2 rings (SSSR count). The summed E-state index contributed by atoms with van der Waals surface area (Å²) in [7, 11) is 0. The van der Waals surface area contributed by atoms with E-state index in [9.17, 15) is 14.7 Å². The van der Waals surface area contributed by atoms with Gasteiger partial charge in [0.25, 0.3) is 0 Å².